The van der Waals surface area contributed by atoms with Crippen LogP contribution in [0.25, 0.3) is 0 Å². The Balaban J connectivity index is 1.32. The monoisotopic (exact) mass is 411 g/mol. The van der Waals surface area contributed by atoms with Crippen LogP contribution in [0.15, 0.2) is 24.3 Å². The van der Waals surface area contributed by atoms with Crippen molar-refractivity contribution in [3.63, 3.8) is 0 Å². The summed E-state index contributed by atoms with van der Waals surface area (Å²) in [6.07, 6.45) is 6.39. The summed E-state index contributed by atoms with van der Waals surface area (Å²) in [5.74, 6) is 1.10. The summed E-state index contributed by atoms with van der Waals surface area (Å²) >= 11 is 0. The molecule has 3 saturated heterocycles. The maximum atomic E-state index is 12.9. The molecule has 3 amide bonds. The third-order valence-electron chi connectivity index (χ3n) is 6.85. The van der Waals surface area contributed by atoms with Crippen LogP contribution in [0.4, 0.5) is 5.69 Å². The lowest BCUT2D eigenvalue weighted by Crippen LogP contribution is -2.47. The molecule has 3 fully saturated rings. The minimum atomic E-state index is 0.0176. The molecule has 3 heterocycles. The summed E-state index contributed by atoms with van der Waals surface area (Å²) in [5, 5.41) is 0. The largest absolute Gasteiger partial charge is 0.342 e. The molecule has 1 atom stereocenters. The lowest BCUT2D eigenvalue weighted by Gasteiger charge is -2.37. The summed E-state index contributed by atoms with van der Waals surface area (Å²) < 4.78 is 0. The first-order valence-corrected chi connectivity index (χ1v) is 11.5. The summed E-state index contributed by atoms with van der Waals surface area (Å²) in [5.41, 5.74) is 1.52. The highest BCUT2D eigenvalue weighted by Crippen LogP contribution is 2.26. The number of piperidine rings is 3. The summed E-state index contributed by atoms with van der Waals surface area (Å²) in [7, 11) is 0. The molecule has 162 valence electrons. The Kier molecular flexibility index (Phi) is 6.40. The van der Waals surface area contributed by atoms with E-state index in [2.05, 4.69) is 6.92 Å². The number of benzene rings is 1. The SMILES string of the molecule is CC1CCCN(C(=O)C2CCN(C(=O)c3ccc(N4CCCCC4=O)cc3)CC2)C1. The van der Waals surface area contributed by atoms with Crippen LogP contribution in [0.2, 0.25) is 0 Å². The zero-order chi connectivity index (χ0) is 21.1. The Morgan fingerprint density at radius 2 is 1.60 bits per heavy atom. The quantitative estimate of drug-likeness (QED) is 0.767. The van der Waals surface area contributed by atoms with E-state index in [1.54, 1.807) is 0 Å². The van der Waals surface area contributed by atoms with Crippen LogP contribution in [0, 0.1) is 11.8 Å². The molecule has 1 aromatic rings. The molecule has 0 saturated carbocycles. The molecule has 30 heavy (non-hydrogen) atoms. The molecule has 0 spiro atoms. The Hall–Kier alpha value is -2.37. The fourth-order valence-electron chi connectivity index (χ4n) is 5.02. The van der Waals surface area contributed by atoms with Gasteiger partial charge in [-0.15, -0.1) is 0 Å². The van der Waals surface area contributed by atoms with Crippen molar-refractivity contribution in [3.8, 4) is 0 Å². The predicted octanol–water partition coefficient (Wildman–Crippen LogP) is 3.31. The molecule has 6 heteroatoms. The van der Waals surface area contributed by atoms with Crippen molar-refractivity contribution in [1.29, 1.82) is 0 Å². The topological polar surface area (TPSA) is 60.9 Å². The van der Waals surface area contributed by atoms with Gasteiger partial charge in [-0.25, -0.2) is 0 Å². The van der Waals surface area contributed by atoms with Gasteiger partial charge in [0, 0.05) is 56.3 Å². The lowest BCUT2D eigenvalue weighted by molar-refractivity contribution is -0.138. The zero-order valence-corrected chi connectivity index (χ0v) is 18.0. The Labute approximate surface area is 179 Å². The molecular formula is C24H33N3O3. The zero-order valence-electron chi connectivity index (χ0n) is 18.0. The van der Waals surface area contributed by atoms with Crippen molar-refractivity contribution in [3.05, 3.63) is 29.8 Å². The van der Waals surface area contributed by atoms with E-state index in [0.29, 0.717) is 31.0 Å². The van der Waals surface area contributed by atoms with Crippen molar-refractivity contribution in [2.45, 2.75) is 51.9 Å². The molecule has 4 rings (SSSR count). The summed E-state index contributed by atoms with van der Waals surface area (Å²) in [6.45, 7) is 5.99. The van der Waals surface area contributed by atoms with Crippen LogP contribution >= 0.6 is 0 Å². The fourth-order valence-corrected chi connectivity index (χ4v) is 5.02. The highest BCUT2D eigenvalue weighted by molar-refractivity contribution is 5.97. The first-order valence-electron chi connectivity index (χ1n) is 11.5. The molecule has 1 aromatic carbocycles. The Morgan fingerprint density at radius 3 is 2.27 bits per heavy atom. The van der Waals surface area contributed by atoms with Gasteiger partial charge in [-0.1, -0.05) is 6.92 Å². The molecule has 3 aliphatic rings. The van der Waals surface area contributed by atoms with Crippen LogP contribution in [0.3, 0.4) is 0 Å². The van der Waals surface area contributed by atoms with Crippen LogP contribution in [-0.4, -0.2) is 60.2 Å². The standard InChI is InChI=1S/C24H33N3O3/c1-18-5-4-13-26(17-18)24(30)20-11-15-25(16-12-20)23(29)19-7-9-21(10-8-19)27-14-3-2-6-22(27)28/h7-10,18,20H,2-6,11-17H2,1H3. The molecule has 3 aliphatic heterocycles. The minimum Gasteiger partial charge on any atom is -0.342 e. The highest BCUT2D eigenvalue weighted by atomic mass is 16.2. The Morgan fingerprint density at radius 1 is 0.867 bits per heavy atom. The molecule has 0 bridgehead atoms. The van der Waals surface area contributed by atoms with Gasteiger partial charge in [-0.2, -0.15) is 0 Å². The molecule has 0 N–H and O–H groups in total. The number of amides is 3. The molecule has 0 aromatic heterocycles. The summed E-state index contributed by atoms with van der Waals surface area (Å²) in [4.78, 5) is 43.6. The van der Waals surface area contributed by atoms with Crippen LogP contribution < -0.4 is 4.90 Å². The minimum absolute atomic E-state index is 0.0176. The second-order valence-electron chi connectivity index (χ2n) is 9.15. The van der Waals surface area contributed by atoms with Crippen LogP contribution in [0.1, 0.15) is 62.2 Å². The second kappa shape index (κ2) is 9.19. The third-order valence-corrected chi connectivity index (χ3v) is 6.85. The van der Waals surface area contributed by atoms with Gasteiger partial charge in [0.25, 0.3) is 5.91 Å². The van der Waals surface area contributed by atoms with Gasteiger partial charge in [0.1, 0.15) is 0 Å². The number of rotatable bonds is 3. The normalized spacial score (nSPS) is 23.6. The van der Waals surface area contributed by atoms with Crippen molar-refractivity contribution in [1.82, 2.24) is 9.80 Å². The molecule has 6 nitrogen and oxygen atoms in total. The van der Waals surface area contributed by atoms with Crippen molar-refractivity contribution >= 4 is 23.4 Å². The van der Waals surface area contributed by atoms with E-state index in [1.165, 1.54) is 6.42 Å². The van der Waals surface area contributed by atoms with Gasteiger partial charge >= 0.3 is 0 Å². The van der Waals surface area contributed by atoms with Gasteiger partial charge in [0.2, 0.25) is 11.8 Å². The number of hydrogen-bond acceptors (Lipinski definition) is 3. The second-order valence-corrected chi connectivity index (χ2v) is 9.15. The van der Waals surface area contributed by atoms with E-state index in [1.807, 2.05) is 39.0 Å². The number of anilines is 1. The average molecular weight is 412 g/mol. The number of likely N-dealkylation sites (tertiary alicyclic amines) is 2. The third kappa shape index (κ3) is 4.52. The van der Waals surface area contributed by atoms with E-state index in [9.17, 15) is 14.4 Å². The van der Waals surface area contributed by atoms with E-state index in [0.717, 1.165) is 57.4 Å². The maximum absolute atomic E-state index is 12.9. The van der Waals surface area contributed by atoms with Gasteiger partial charge in [0.15, 0.2) is 0 Å². The molecule has 0 aliphatic carbocycles. The fraction of sp³-hybridized carbons (Fsp3) is 0.625. The van der Waals surface area contributed by atoms with Crippen LogP contribution in [0.5, 0.6) is 0 Å². The molecular weight excluding hydrogens is 378 g/mol. The first kappa shape index (κ1) is 20.9. The van der Waals surface area contributed by atoms with Gasteiger partial charge in [0.05, 0.1) is 0 Å². The van der Waals surface area contributed by atoms with E-state index < -0.39 is 0 Å². The predicted molar refractivity (Wildman–Crippen MR) is 116 cm³/mol. The van der Waals surface area contributed by atoms with Crippen molar-refractivity contribution in [2.24, 2.45) is 11.8 Å². The maximum Gasteiger partial charge on any atom is 0.253 e. The molecule has 0 radical (unpaired) electrons. The number of nitrogens with zero attached hydrogens (tertiary/aromatic N) is 3. The Bertz CT molecular complexity index is 783. The number of hydrogen-bond donors (Lipinski definition) is 0. The highest BCUT2D eigenvalue weighted by Gasteiger charge is 2.32. The van der Waals surface area contributed by atoms with E-state index >= 15 is 0 Å². The number of carbonyl (C=O) groups excluding carboxylic acids is 3. The average Bonchev–Trinajstić information content (AvgIpc) is 2.79. The van der Waals surface area contributed by atoms with E-state index in [4.69, 9.17) is 0 Å². The first-order chi connectivity index (χ1) is 14.5. The lowest BCUT2D eigenvalue weighted by atomic mass is 9.92. The number of carbonyl (C=O) groups is 3. The van der Waals surface area contributed by atoms with Crippen molar-refractivity contribution in [2.75, 3.05) is 37.6 Å². The summed E-state index contributed by atoms with van der Waals surface area (Å²) in [6, 6.07) is 7.41. The van der Waals surface area contributed by atoms with E-state index in [-0.39, 0.29) is 23.6 Å². The molecule has 1 unspecified atom stereocenters. The van der Waals surface area contributed by atoms with Gasteiger partial charge in [-0.3, -0.25) is 14.4 Å². The van der Waals surface area contributed by atoms with Gasteiger partial charge in [-0.05, 0) is 68.7 Å². The van der Waals surface area contributed by atoms with Crippen molar-refractivity contribution < 1.29 is 14.4 Å². The van der Waals surface area contributed by atoms with Crippen LogP contribution in [-0.2, 0) is 9.59 Å². The smallest absolute Gasteiger partial charge is 0.253 e. The van der Waals surface area contributed by atoms with Gasteiger partial charge < -0.3 is 14.7 Å².